The van der Waals surface area contributed by atoms with Crippen LogP contribution in [0.2, 0.25) is 0 Å². The predicted octanol–water partition coefficient (Wildman–Crippen LogP) is 1.78. The number of hydrogen-bond acceptors (Lipinski definition) is 5. The van der Waals surface area contributed by atoms with E-state index in [0.717, 1.165) is 0 Å². The summed E-state index contributed by atoms with van der Waals surface area (Å²) < 4.78 is 17.6. The topological polar surface area (TPSA) is 65.3 Å². The average molecular weight is 335 g/mol. The second-order valence-corrected chi connectivity index (χ2v) is 5.32. The fourth-order valence-electron chi connectivity index (χ4n) is 2.55. The molecule has 0 unspecified atom stereocenters. The SMILES string of the molecule is CCOc1cccn2c(C(=O)N(CCOC)CCOC)c(C)nc12. The molecule has 2 aromatic heterocycles. The van der Waals surface area contributed by atoms with Gasteiger partial charge < -0.3 is 19.1 Å². The minimum atomic E-state index is -0.0947. The van der Waals surface area contributed by atoms with Gasteiger partial charge in [-0.1, -0.05) is 0 Å². The Bertz CT molecular complexity index is 676. The van der Waals surface area contributed by atoms with Gasteiger partial charge in [-0.05, 0) is 26.0 Å². The predicted molar refractivity (Wildman–Crippen MR) is 90.8 cm³/mol. The van der Waals surface area contributed by atoms with E-state index in [1.54, 1.807) is 23.5 Å². The first-order valence-electron chi connectivity index (χ1n) is 8.01. The van der Waals surface area contributed by atoms with Gasteiger partial charge in [0, 0.05) is 33.5 Å². The lowest BCUT2D eigenvalue weighted by molar-refractivity contribution is 0.0620. The van der Waals surface area contributed by atoms with E-state index in [1.165, 1.54) is 0 Å². The number of rotatable bonds is 9. The third-order valence-corrected chi connectivity index (χ3v) is 3.71. The summed E-state index contributed by atoms with van der Waals surface area (Å²) in [5, 5.41) is 0. The van der Waals surface area contributed by atoms with Crippen LogP contribution in [0.1, 0.15) is 23.1 Å². The Kier molecular flexibility index (Phi) is 6.57. The van der Waals surface area contributed by atoms with Gasteiger partial charge >= 0.3 is 0 Å². The number of imidazole rings is 1. The lowest BCUT2D eigenvalue weighted by Crippen LogP contribution is -2.37. The van der Waals surface area contributed by atoms with Crippen molar-refractivity contribution < 1.29 is 19.0 Å². The summed E-state index contributed by atoms with van der Waals surface area (Å²) in [4.78, 5) is 19.3. The van der Waals surface area contributed by atoms with Gasteiger partial charge in [-0.15, -0.1) is 0 Å². The highest BCUT2D eigenvalue weighted by molar-refractivity contribution is 5.95. The first kappa shape index (κ1) is 18.2. The molecule has 0 saturated heterocycles. The number of amides is 1. The number of carbonyl (C=O) groups is 1. The van der Waals surface area contributed by atoms with Crippen LogP contribution in [0.15, 0.2) is 18.3 Å². The fraction of sp³-hybridized carbons (Fsp3) is 0.529. The molecule has 132 valence electrons. The van der Waals surface area contributed by atoms with Crippen molar-refractivity contribution in [3.05, 3.63) is 29.7 Å². The van der Waals surface area contributed by atoms with E-state index in [4.69, 9.17) is 14.2 Å². The van der Waals surface area contributed by atoms with Crippen LogP contribution < -0.4 is 4.74 Å². The van der Waals surface area contributed by atoms with Crippen LogP contribution in [0.4, 0.5) is 0 Å². The van der Waals surface area contributed by atoms with Crippen molar-refractivity contribution in [1.29, 1.82) is 0 Å². The van der Waals surface area contributed by atoms with E-state index in [-0.39, 0.29) is 5.91 Å². The van der Waals surface area contributed by atoms with E-state index in [9.17, 15) is 4.79 Å². The molecule has 24 heavy (non-hydrogen) atoms. The van der Waals surface area contributed by atoms with Crippen molar-refractivity contribution in [3.8, 4) is 5.75 Å². The van der Waals surface area contributed by atoms with E-state index in [0.29, 0.717) is 55.7 Å². The molecule has 0 aromatic carbocycles. The van der Waals surface area contributed by atoms with Crippen LogP contribution in [0.3, 0.4) is 0 Å². The minimum Gasteiger partial charge on any atom is -0.490 e. The molecule has 1 amide bonds. The second kappa shape index (κ2) is 8.65. The molecule has 0 aliphatic heterocycles. The van der Waals surface area contributed by atoms with Crippen LogP contribution in [0.25, 0.3) is 5.65 Å². The highest BCUT2D eigenvalue weighted by Gasteiger charge is 2.23. The lowest BCUT2D eigenvalue weighted by atomic mass is 10.3. The summed E-state index contributed by atoms with van der Waals surface area (Å²) >= 11 is 0. The molecule has 7 heteroatoms. The van der Waals surface area contributed by atoms with Crippen LogP contribution >= 0.6 is 0 Å². The van der Waals surface area contributed by atoms with Crippen molar-refractivity contribution in [2.45, 2.75) is 13.8 Å². The van der Waals surface area contributed by atoms with E-state index < -0.39 is 0 Å². The Labute approximate surface area is 142 Å². The summed E-state index contributed by atoms with van der Waals surface area (Å²) in [6, 6.07) is 3.71. The van der Waals surface area contributed by atoms with Gasteiger partial charge in [0.15, 0.2) is 11.4 Å². The Balaban J connectivity index is 2.39. The summed E-state index contributed by atoms with van der Waals surface area (Å²) in [5.74, 6) is 0.574. The molecule has 2 rings (SSSR count). The van der Waals surface area contributed by atoms with Crippen molar-refractivity contribution in [3.63, 3.8) is 0 Å². The first-order chi connectivity index (χ1) is 11.6. The molecule has 0 aliphatic rings. The Hall–Kier alpha value is -2.12. The molecule has 0 radical (unpaired) electrons. The van der Waals surface area contributed by atoms with Crippen molar-refractivity contribution >= 4 is 11.6 Å². The maximum atomic E-state index is 13.0. The largest absolute Gasteiger partial charge is 0.490 e. The number of fused-ring (bicyclic) bond motifs is 1. The third-order valence-electron chi connectivity index (χ3n) is 3.71. The zero-order valence-corrected chi connectivity index (χ0v) is 14.7. The van der Waals surface area contributed by atoms with E-state index >= 15 is 0 Å². The van der Waals surface area contributed by atoms with Crippen LogP contribution in [0, 0.1) is 6.92 Å². The third kappa shape index (κ3) is 3.85. The van der Waals surface area contributed by atoms with E-state index in [2.05, 4.69) is 4.98 Å². The first-order valence-corrected chi connectivity index (χ1v) is 8.01. The number of ether oxygens (including phenoxy) is 3. The van der Waals surface area contributed by atoms with Gasteiger partial charge in [-0.2, -0.15) is 0 Å². The summed E-state index contributed by atoms with van der Waals surface area (Å²) in [6.45, 7) is 6.23. The van der Waals surface area contributed by atoms with Crippen molar-refractivity contribution in [2.75, 3.05) is 47.1 Å². The minimum absolute atomic E-state index is 0.0947. The van der Waals surface area contributed by atoms with Crippen molar-refractivity contribution in [2.24, 2.45) is 0 Å². The number of methoxy groups -OCH3 is 2. The second-order valence-electron chi connectivity index (χ2n) is 5.32. The number of nitrogens with zero attached hydrogens (tertiary/aromatic N) is 3. The zero-order valence-electron chi connectivity index (χ0n) is 14.7. The monoisotopic (exact) mass is 335 g/mol. The number of carbonyl (C=O) groups excluding carboxylic acids is 1. The standard InChI is InChI=1S/C17H25N3O4/c1-5-24-14-7-6-8-20-15(13(2)18-16(14)20)17(21)19(9-11-22-3)10-12-23-4/h6-8H,5,9-12H2,1-4H3. The Morgan fingerprint density at radius 2 is 1.92 bits per heavy atom. The summed E-state index contributed by atoms with van der Waals surface area (Å²) in [6.07, 6.45) is 1.83. The highest BCUT2D eigenvalue weighted by Crippen LogP contribution is 2.23. The van der Waals surface area contributed by atoms with Gasteiger partial charge in [0.2, 0.25) is 0 Å². The van der Waals surface area contributed by atoms with Gasteiger partial charge in [-0.25, -0.2) is 4.98 Å². The molecular formula is C17H25N3O4. The molecule has 0 aliphatic carbocycles. The van der Waals surface area contributed by atoms with Crippen LogP contribution in [0.5, 0.6) is 5.75 Å². The number of hydrogen-bond donors (Lipinski definition) is 0. The lowest BCUT2D eigenvalue weighted by Gasteiger charge is -2.22. The molecule has 0 bridgehead atoms. The molecule has 2 aromatic rings. The molecule has 0 spiro atoms. The molecule has 0 fully saturated rings. The molecular weight excluding hydrogens is 310 g/mol. The number of aromatic nitrogens is 2. The molecule has 0 saturated carbocycles. The van der Waals surface area contributed by atoms with Crippen LogP contribution in [-0.4, -0.2) is 67.3 Å². The number of aryl methyl sites for hydroxylation is 1. The van der Waals surface area contributed by atoms with Crippen LogP contribution in [-0.2, 0) is 9.47 Å². The summed E-state index contributed by atoms with van der Waals surface area (Å²) in [7, 11) is 3.24. The van der Waals surface area contributed by atoms with Gasteiger partial charge in [0.25, 0.3) is 5.91 Å². The molecule has 7 nitrogen and oxygen atoms in total. The molecule has 0 atom stereocenters. The van der Waals surface area contributed by atoms with Gasteiger partial charge in [0.1, 0.15) is 5.69 Å². The average Bonchev–Trinajstić information content (AvgIpc) is 2.92. The van der Waals surface area contributed by atoms with Crippen molar-refractivity contribution in [1.82, 2.24) is 14.3 Å². The maximum Gasteiger partial charge on any atom is 0.272 e. The van der Waals surface area contributed by atoms with Gasteiger partial charge in [0.05, 0.1) is 25.5 Å². The fourth-order valence-corrected chi connectivity index (χ4v) is 2.55. The normalized spacial score (nSPS) is 11.0. The summed E-state index contributed by atoms with van der Waals surface area (Å²) in [5.41, 5.74) is 1.87. The Morgan fingerprint density at radius 1 is 1.25 bits per heavy atom. The number of pyridine rings is 1. The maximum absolute atomic E-state index is 13.0. The smallest absolute Gasteiger partial charge is 0.272 e. The highest BCUT2D eigenvalue weighted by atomic mass is 16.5. The molecule has 2 heterocycles. The quantitative estimate of drug-likeness (QED) is 0.699. The van der Waals surface area contributed by atoms with E-state index in [1.807, 2.05) is 32.2 Å². The zero-order chi connectivity index (χ0) is 17.5. The molecule has 0 N–H and O–H groups in total. The van der Waals surface area contributed by atoms with Gasteiger partial charge in [-0.3, -0.25) is 9.20 Å². The Morgan fingerprint density at radius 3 is 2.50 bits per heavy atom.